The fourth-order valence-corrected chi connectivity index (χ4v) is 1.90. The Kier molecular flexibility index (Phi) is 4.36. The molecular weight excluding hydrogens is 240 g/mol. The summed E-state index contributed by atoms with van der Waals surface area (Å²) in [5.74, 6) is 1.42. The number of benzene rings is 1. The van der Waals surface area contributed by atoms with E-state index in [2.05, 4.69) is 4.98 Å². The molecule has 0 radical (unpaired) electrons. The second-order valence-corrected chi connectivity index (χ2v) is 4.11. The summed E-state index contributed by atoms with van der Waals surface area (Å²) in [6, 6.07) is 9.35. The number of nitrogens with two attached hydrogens (primary N) is 1. The minimum Gasteiger partial charge on any atom is -0.493 e. The number of pyridine rings is 1. The second kappa shape index (κ2) is 6.20. The summed E-state index contributed by atoms with van der Waals surface area (Å²) in [6.45, 7) is 2.54. The summed E-state index contributed by atoms with van der Waals surface area (Å²) in [5, 5.41) is 0. The van der Waals surface area contributed by atoms with Gasteiger partial charge in [-0.1, -0.05) is 12.1 Å². The van der Waals surface area contributed by atoms with Gasteiger partial charge in [0.2, 0.25) is 0 Å². The van der Waals surface area contributed by atoms with Crippen molar-refractivity contribution in [1.82, 2.24) is 4.98 Å². The zero-order valence-electron chi connectivity index (χ0n) is 11.2. The first-order valence-corrected chi connectivity index (χ1v) is 6.22. The Hall–Kier alpha value is -2.07. The van der Waals surface area contributed by atoms with E-state index in [0.29, 0.717) is 12.4 Å². The number of rotatable bonds is 5. The number of ether oxygens (including phenoxy) is 2. The first kappa shape index (κ1) is 13.4. The van der Waals surface area contributed by atoms with E-state index in [1.165, 1.54) is 0 Å². The maximum atomic E-state index is 6.23. The number of nitrogens with zero attached hydrogens (tertiary/aromatic N) is 1. The molecule has 4 nitrogen and oxygen atoms in total. The van der Waals surface area contributed by atoms with Crippen LogP contribution in [0.3, 0.4) is 0 Å². The van der Waals surface area contributed by atoms with Gasteiger partial charge in [0.05, 0.1) is 19.8 Å². The predicted molar refractivity (Wildman–Crippen MR) is 74.4 cm³/mol. The SMILES string of the molecule is CCOc1ccc(C(N)c2cccnc2)cc1OC. The van der Waals surface area contributed by atoms with E-state index in [4.69, 9.17) is 15.2 Å². The van der Waals surface area contributed by atoms with Crippen LogP contribution < -0.4 is 15.2 Å². The second-order valence-electron chi connectivity index (χ2n) is 4.11. The van der Waals surface area contributed by atoms with Gasteiger partial charge in [-0.05, 0) is 36.2 Å². The van der Waals surface area contributed by atoms with Crippen LogP contribution >= 0.6 is 0 Å². The fraction of sp³-hybridized carbons (Fsp3) is 0.267. The first-order chi connectivity index (χ1) is 9.26. The average Bonchev–Trinajstić information content (AvgIpc) is 2.48. The summed E-state index contributed by atoms with van der Waals surface area (Å²) in [4.78, 5) is 4.08. The summed E-state index contributed by atoms with van der Waals surface area (Å²) in [5.41, 5.74) is 8.16. The van der Waals surface area contributed by atoms with Gasteiger partial charge in [0.25, 0.3) is 0 Å². The Balaban J connectivity index is 2.30. The minimum absolute atomic E-state index is 0.224. The molecule has 1 aromatic heterocycles. The van der Waals surface area contributed by atoms with Crippen molar-refractivity contribution in [2.24, 2.45) is 5.73 Å². The van der Waals surface area contributed by atoms with Crippen molar-refractivity contribution < 1.29 is 9.47 Å². The Bertz CT molecular complexity index is 529. The van der Waals surface area contributed by atoms with Crippen LogP contribution in [0.4, 0.5) is 0 Å². The summed E-state index contributed by atoms with van der Waals surface area (Å²) in [6.07, 6.45) is 3.50. The van der Waals surface area contributed by atoms with Crippen LogP contribution in [0.1, 0.15) is 24.1 Å². The third-order valence-corrected chi connectivity index (χ3v) is 2.89. The molecule has 2 aromatic rings. The maximum absolute atomic E-state index is 6.23. The van der Waals surface area contributed by atoms with Crippen LogP contribution in [-0.2, 0) is 0 Å². The molecule has 0 fully saturated rings. The summed E-state index contributed by atoms with van der Waals surface area (Å²) < 4.78 is 10.8. The van der Waals surface area contributed by atoms with Crippen molar-refractivity contribution in [3.05, 3.63) is 53.9 Å². The number of methoxy groups -OCH3 is 1. The Labute approximate surface area is 113 Å². The lowest BCUT2D eigenvalue weighted by Crippen LogP contribution is -2.12. The lowest BCUT2D eigenvalue weighted by atomic mass is 10.0. The highest BCUT2D eigenvalue weighted by Crippen LogP contribution is 2.31. The van der Waals surface area contributed by atoms with Crippen molar-refractivity contribution in [1.29, 1.82) is 0 Å². The van der Waals surface area contributed by atoms with E-state index in [1.807, 2.05) is 37.3 Å². The zero-order chi connectivity index (χ0) is 13.7. The topological polar surface area (TPSA) is 57.4 Å². The molecule has 2 N–H and O–H groups in total. The molecule has 2 rings (SSSR count). The number of hydrogen-bond donors (Lipinski definition) is 1. The average molecular weight is 258 g/mol. The van der Waals surface area contributed by atoms with Crippen molar-refractivity contribution in [2.45, 2.75) is 13.0 Å². The molecule has 0 aliphatic carbocycles. The van der Waals surface area contributed by atoms with Crippen LogP contribution in [0.2, 0.25) is 0 Å². The third kappa shape index (κ3) is 3.03. The highest BCUT2D eigenvalue weighted by atomic mass is 16.5. The summed E-state index contributed by atoms with van der Waals surface area (Å²) in [7, 11) is 1.62. The van der Waals surface area contributed by atoms with Gasteiger partial charge in [-0.2, -0.15) is 0 Å². The normalized spacial score (nSPS) is 11.9. The largest absolute Gasteiger partial charge is 0.493 e. The van der Waals surface area contributed by atoms with Crippen LogP contribution in [-0.4, -0.2) is 18.7 Å². The molecule has 0 bridgehead atoms. The van der Waals surface area contributed by atoms with E-state index >= 15 is 0 Å². The molecular formula is C15H18N2O2. The van der Waals surface area contributed by atoms with E-state index < -0.39 is 0 Å². The van der Waals surface area contributed by atoms with E-state index in [-0.39, 0.29) is 6.04 Å². The molecule has 1 heterocycles. The monoisotopic (exact) mass is 258 g/mol. The van der Waals surface area contributed by atoms with Gasteiger partial charge in [0.15, 0.2) is 11.5 Å². The van der Waals surface area contributed by atoms with Gasteiger partial charge in [0, 0.05) is 12.4 Å². The highest BCUT2D eigenvalue weighted by molar-refractivity contribution is 5.45. The molecule has 19 heavy (non-hydrogen) atoms. The summed E-state index contributed by atoms with van der Waals surface area (Å²) >= 11 is 0. The highest BCUT2D eigenvalue weighted by Gasteiger charge is 2.12. The molecule has 0 saturated heterocycles. The maximum Gasteiger partial charge on any atom is 0.161 e. The molecule has 100 valence electrons. The molecule has 0 saturated carbocycles. The number of hydrogen-bond acceptors (Lipinski definition) is 4. The van der Waals surface area contributed by atoms with Crippen molar-refractivity contribution in [3.8, 4) is 11.5 Å². The smallest absolute Gasteiger partial charge is 0.161 e. The molecule has 1 unspecified atom stereocenters. The van der Waals surface area contributed by atoms with Gasteiger partial charge in [-0.25, -0.2) is 0 Å². The first-order valence-electron chi connectivity index (χ1n) is 6.22. The van der Waals surface area contributed by atoms with Crippen molar-refractivity contribution in [2.75, 3.05) is 13.7 Å². The van der Waals surface area contributed by atoms with Crippen molar-refractivity contribution >= 4 is 0 Å². The van der Waals surface area contributed by atoms with E-state index in [9.17, 15) is 0 Å². The third-order valence-electron chi connectivity index (χ3n) is 2.89. The van der Waals surface area contributed by atoms with E-state index in [1.54, 1.807) is 19.5 Å². The predicted octanol–water partition coefficient (Wildman–Crippen LogP) is 2.54. The van der Waals surface area contributed by atoms with Gasteiger partial charge >= 0.3 is 0 Å². The molecule has 0 aliphatic rings. The lowest BCUT2D eigenvalue weighted by molar-refractivity contribution is 0.310. The van der Waals surface area contributed by atoms with Crippen LogP contribution in [0, 0.1) is 0 Å². The lowest BCUT2D eigenvalue weighted by Gasteiger charge is -2.15. The molecule has 0 aliphatic heterocycles. The quantitative estimate of drug-likeness (QED) is 0.895. The van der Waals surface area contributed by atoms with Gasteiger partial charge in [-0.3, -0.25) is 4.98 Å². The molecule has 4 heteroatoms. The Morgan fingerprint density at radius 2 is 2.05 bits per heavy atom. The molecule has 0 spiro atoms. The number of aromatic nitrogens is 1. The molecule has 0 amide bonds. The van der Waals surface area contributed by atoms with Gasteiger partial charge < -0.3 is 15.2 Å². The zero-order valence-corrected chi connectivity index (χ0v) is 11.2. The van der Waals surface area contributed by atoms with Crippen molar-refractivity contribution in [3.63, 3.8) is 0 Å². The van der Waals surface area contributed by atoms with Crippen LogP contribution in [0.25, 0.3) is 0 Å². The van der Waals surface area contributed by atoms with Gasteiger partial charge in [0.1, 0.15) is 0 Å². The standard InChI is InChI=1S/C15H18N2O2/c1-3-19-13-7-6-11(9-14(13)18-2)15(16)12-5-4-8-17-10-12/h4-10,15H,3,16H2,1-2H3. The minimum atomic E-state index is -0.224. The Morgan fingerprint density at radius 1 is 1.21 bits per heavy atom. The van der Waals surface area contributed by atoms with Crippen LogP contribution in [0.5, 0.6) is 11.5 Å². The van der Waals surface area contributed by atoms with Gasteiger partial charge in [-0.15, -0.1) is 0 Å². The van der Waals surface area contributed by atoms with E-state index in [0.717, 1.165) is 16.9 Å². The molecule has 1 atom stereocenters. The Morgan fingerprint density at radius 3 is 2.68 bits per heavy atom. The molecule has 1 aromatic carbocycles. The van der Waals surface area contributed by atoms with Crippen LogP contribution in [0.15, 0.2) is 42.7 Å². The fourth-order valence-electron chi connectivity index (χ4n) is 1.90.